The molecule has 2 heterocycles. The molecular weight excluding hydrogens is 294 g/mol. The van der Waals surface area contributed by atoms with Crippen molar-refractivity contribution < 1.29 is 14.3 Å². The highest BCUT2D eigenvalue weighted by Crippen LogP contribution is 2.20. The number of hydrogen-bond acceptors (Lipinski definition) is 4. The molecule has 0 saturated carbocycles. The van der Waals surface area contributed by atoms with Crippen LogP contribution in [0.2, 0.25) is 0 Å². The van der Waals surface area contributed by atoms with Gasteiger partial charge in [-0.2, -0.15) is 0 Å². The van der Waals surface area contributed by atoms with E-state index in [4.69, 9.17) is 4.74 Å². The van der Waals surface area contributed by atoms with E-state index in [1.165, 1.54) is 0 Å². The number of nitrogens with zero attached hydrogens (tertiary/aromatic N) is 3. The van der Waals surface area contributed by atoms with Gasteiger partial charge < -0.3 is 14.2 Å². The van der Waals surface area contributed by atoms with Gasteiger partial charge in [0.05, 0.1) is 23.2 Å². The minimum Gasteiger partial charge on any atom is -0.462 e. The first-order chi connectivity index (χ1) is 11.0. The third-order valence-electron chi connectivity index (χ3n) is 4.47. The molecule has 2 aromatic rings. The van der Waals surface area contributed by atoms with Crippen molar-refractivity contribution in [2.24, 2.45) is 13.0 Å². The normalized spacial score (nSPS) is 18.0. The van der Waals surface area contributed by atoms with Gasteiger partial charge in [-0.15, -0.1) is 0 Å². The van der Waals surface area contributed by atoms with Gasteiger partial charge in [0.2, 0.25) is 5.91 Å². The van der Waals surface area contributed by atoms with Gasteiger partial charge >= 0.3 is 5.97 Å². The zero-order valence-electron chi connectivity index (χ0n) is 13.7. The Morgan fingerprint density at radius 1 is 1.43 bits per heavy atom. The summed E-state index contributed by atoms with van der Waals surface area (Å²) in [4.78, 5) is 30.1. The zero-order valence-corrected chi connectivity index (χ0v) is 13.7. The predicted octanol–water partition coefficient (Wildman–Crippen LogP) is 1.91. The lowest BCUT2D eigenvalue weighted by molar-refractivity contribution is -0.127. The second kappa shape index (κ2) is 6.02. The lowest BCUT2D eigenvalue weighted by atomic mass is 10.1. The van der Waals surface area contributed by atoms with Gasteiger partial charge in [-0.25, -0.2) is 9.78 Å². The molecule has 0 radical (unpaired) electrons. The maximum absolute atomic E-state index is 12.2. The molecular formula is C17H21N3O3. The first-order valence-corrected chi connectivity index (χ1v) is 7.87. The van der Waals surface area contributed by atoms with E-state index in [1.807, 2.05) is 31.5 Å². The third-order valence-corrected chi connectivity index (χ3v) is 4.47. The molecule has 122 valence electrons. The molecule has 6 heteroatoms. The molecule has 0 unspecified atom stereocenters. The Hall–Kier alpha value is -2.37. The lowest BCUT2D eigenvalue weighted by Gasteiger charge is -2.13. The third kappa shape index (κ3) is 2.93. The minimum absolute atomic E-state index is 0.0900. The summed E-state index contributed by atoms with van der Waals surface area (Å²) in [5.74, 6) is 0.762. The van der Waals surface area contributed by atoms with Crippen molar-refractivity contribution in [1.82, 2.24) is 14.5 Å². The maximum Gasteiger partial charge on any atom is 0.338 e. The summed E-state index contributed by atoms with van der Waals surface area (Å²) in [7, 11) is 1.94. The fourth-order valence-corrected chi connectivity index (χ4v) is 3.00. The van der Waals surface area contributed by atoms with Gasteiger partial charge in [-0.05, 0) is 32.0 Å². The summed E-state index contributed by atoms with van der Waals surface area (Å²) in [6, 6.07) is 5.39. The number of rotatable bonds is 4. The number of esters is 1. The summed E-state index contributed by atoms with van der Waals surface area (Å²) in [6.45, 7) is 5.53. The molecule has 1 aliphatic heterocycles. The van der Waals surface area contributed by atoms with Gasteiger partial charge in [0.25, 0.3) is 0 Å². The number of hydrogen-bond donors (Lipinski definition) is 0. The molecule has 1 aromatic carbocycles. The number of carbonyl (C=O) groups is 2. The number of ether oxygens (including phenoxy) is 1. The van der Waals surface area contributed by atoms with Gasteiger partial charge in [-0.3, -0.25) is 4.79 Å². The molecule has 1 atom stereocenters. The molecule has 1 amide bonds. The number of aromatic nitrogens is 2. The van der Waals surface area contributed by atoms with Crippen molar-refractivity contribution in [3.05, 3.63) is 29.6 Å². The Morgan fingerprint density at radius 3 is 2.91 bits per heavy atom. The Kier molecular flexibility index (Phi) is 4.07. The smallest absolute Gasteiger partial charge is 0.338 e. The molecule has 1 aliphatic rings. The molecule has 0 spiro atoms. The summed E-state index contributed by atoms with van der Waals surface area (Å²) in [5.41, 5.74) is 2.26. The van der Waals surface area contributed by atoms with Crippen LogP contribution in [0.15, 0.2) is 18.2 Å². The van der Waals surface area contributed by atoms with Gasteiger partial charge in [-0.1, -0.05) is 0 Å². The monoisotopic (exact) mass is 315 g/mol. The Labute approximate surface area is 135 Å². The summed E-state index contributed by atoms with van der Waals surface area (Å²) in [5, 5.41) is 0. The number of carbonyl (C=O) groups excluding carboxylic acids is 2. The van der Waals surface area contributed by atoms with E-state index in [-0.39, 0.29) is 24.4 Å². The largest absolute Gasteiger partial charge is 0.462 e. The van der Waals surface area contributed by atoms with E-state index < -0.39 is 0 Å². The van der Waals surface area contributed by atoms with E-state index in [9.17, 15) is 9.59 Å². The van der Waals surface area contributed by atoms with Crippen molar-refractivity contribution in [2.45, 2.75) is 20.3 Å². The standard InChI is InChI=1S/C17H21N3O3/c1-4-20-9-12(7-16(20)21)10-23-17(22)13-5-6-15-14(8-13)18-11(2)19(15)3/h5-6,8,12H,4,7,9-10H2,1-3H3/t12-/m0/s1. The second-order valence-electron chi connectivity index (χ2n) is 6.02. The van der Waals surface area contributed by atoms with E-state index in [1.54, 1.807) is 17.0 Å². The van der Waals surface area contributed by atoms with Crippen LogP contribution in [0.5, 0.6) is 0 Å². The highest BCUT2D eigenvalue weighted by Gasteiger charge is 2.29. The topological polar surface area (TPSA) is 64.4 Å². The van der Waals surface area contributed by atoms with Crippen molar-refractivity contribution in [3.63, 3.8) is 0 Å². The molecule has 6 nitrogen and oxygen atoms in total. The summed E-state index contributed by atoms with van der Waals surface area (Å²) >= 11 is 0. The van der Waals surface area contributed by atoms with E-state index in [2.05, 4.69) is 4.98 Å². The first-order valence-electron chi connectivity index (χ1n) is 7.87. The number of likely N-dealkylation sites (tertiary alicyclic amines) is 1. The van der Waals surface area contributed by atoms with Crippen LogP contribution in [-0.4, -0.2) is 46.0 Å². The molecule has 23 heavy (non-hydrogen) atoms. The Bertz CT molecular complexity index is 766. The van der Waals surface area contributed by atoms with Gasteiger partial charge in [0, 0.05) is 32.5 Å². The summed E-state index contributed by atoms with van der Waals surface area (Å²) < 4.78 is 7.37. The number of imidazole rings is 1. The Morgan fingerprint density at radius 2 is 2.22 bits per heavy atom. The van der Waals surface area contributed by atoms with Gasteiger partial charge in [0.1, 0.15) is 5.82 Å². The van der Waals surface area contributed by atoms with Crippen LogP contribution >= 0.6 is 0 Å². The van der Waals surface area contributed by atoms with Crippen molar-refractivity contribution >= 4 is 22.9 Å². The van der Waals surface area contributed by atoms with Crippen LogP contribution in [0.25, 0.3) is 11.0 Å². The fourth-order valence-electron chi connectivity index (χ4n) is 3.00. The van der Waals surface area contributed by atoms with E-state index in [0.717, 1.165) is 16.9 Å². The van der Waals surface area contributed by atoms with Gasteiger partial charge in [0.15, 0.2) is 0 Å². The van der Waals surface area contributed by atoms with E-state index in [0.29, 0.717) is 25.1 Å². The van der Waals surface area contributed by atoms with Crippen molar-refractivity contribution in [1.29, 1.82) is 0 Å². The lowest BCUT2D eigenvalue weighted by Crippen LogP contribution is -2.25. The molecule has 0 bridgehead atoms. The highest BCUT2D eigenvalue weighted by atomic mass is 16.5. The Balaban J connectivity index is 1.66. The van der Waals surface area contributed by atoms with Crippen LogP contribution in [-0.2, 0) is 16.6 Å². The molecule has 0 aliphatic carbocycles. The van der Waals surface area contributed by atoms with E-state index >= 15 is 0 Å². The van der Waals surface area contributed by atoms with Crippen LogP contribution in [0, 0.1) is 12.8 Å². The summed E-state index contributed by atoms with van der Waals surface area (Å²) in [6.07, 6.45) is 0.458. The average molecular weight is 315 g/mol. The number of aryl methyl sites for hydroxylation is 2. The van der Waals surface area contributed by atoms with Crippen LogP contribution < -0.4 is 0 Å². The molecule has 0 N–H and O–H groups in total. The SMILES string of the molecule is CCN1C[C@@H](COC(=O)c2ccc3c(c2)nc(C)n3C)CC1=O. The number of fused-ring (bicyclic) bond motifs is 1. The van der Waals surface area contributed by atoms with Crippen LogP contribution in [0.1, 0.15) is 29.5 Å². The average Bonchev–Trinajstić information content (AvgIpc) is 3.04. The van der Waals surface area contributed by atoms with Crippen LogP contribution in [0.3, 0.4) is 0 Å². The minimum atomic E-state index is -0.363. The number of benzene rings is 1. The quantitative estimate of drug-likeness (QED) is 0.809. The first kappa shape index (κ1) is 15.5. The number of amides is 1. The molecule has 3 rings (SSSR count). The highest BCUT2D eigenvalue weighted by molar-refractivity contribution is 5.93. The maximum atomic E-state index is 12.2. The fraction of sp³-hybridized carbons (Fsp3) is 0.471. The predicted molar refractivity (Wildman–Crippen MR) is 86.1 cm³/mol. The molecule has 1 fully saturated rings. The molecule has 1 saturated heterocycles. The van der Waals surface area contributed by atoms with Crippen molar-refractivity contribution in [2.75, 3.05) is 19.7 Å². The molecule has 1 aromatic heterocycles. The van der Waals surface area contributed by atoms with Crippen molar-refractivity contribution in [3.8, 4) is 0 Å². The second-order valence-corrected chi connectivity index (χ2v) is 6.02. The van der Waals surface area contributed by atoms with Crippen LogP contribution in [0.4, 0.5) is 0 Å². The zero-order chi connectivity index (χ0) is 16.6.